The molecule has 0 saturated carbocycles. The number of aryl methyl sites for hydroxylation is 1. The zero-order valence-electron chi connectivity index (χ0n) is 10.8. The van der Waals surface area contributed by atoms with Gasteiger partial charge < -0.3 is 4.57 Å². The normalized spacial score (nSPS) is 17.2. The second-order valence-electron chi connectivity index (χ2n) is 4.40. The fraction of sp³-hybridized carbons (Fsp3) is 0.0667. The number of para-hydroxylation sites is 1. The van der Waals surface area contributed by atoms with E-state index in [9.17, 15) is 4.79 Å². The Balaban J connectivity index is 1.95. The van der Waals surface area contributed by atoms with Crippen molar-refractivity contribution in [2.75, 3.05) is 4.90 Å². The Morgan fingerprint density at radius 3 is 2.55 bits per heavy atom. The molecule has 0 unspecified atom stereocenters. The van der Waals surface area contributed by atoms with Gasteiger partial charge in [-0.25, -0.2) is 0 Å². The molecule has 0 aliphatic carbocycles. The molecule has 1 aromatic heterocycles. The molecular formula is C15H12N2OS2. The second-order valence-corrected chi connectivity index (χ2v) is 6.07. The van der Waals surface area contributed by atoms with Gasteiger partial charge >= 0.3 is 0 Å². The topological polar surface area (TPSA) is 25.2 Å². The predicted molar refractivity (Wildman–Crippen MR) is 87.5 cm³/mol. The molecule has 3 nitrogen and oxygen atoms in total. The zero-order chi connectivity index (χ0) is 14.1. The number of aromatic nitrogens is 1. The van der Waals surface area contributed by atoms with Crippen LogP contribution in [-0.4, -0.2) is 14.8 Å². The lowest BCUT2D eigenvalue weighted by atomic mass is 10.3. The van der Waals surface area contributed by atoms with Gasteiger partial charge in [0.1, 0.15) is 0 Å². The first-order chi connectivity index (χ1) is 9.66. The number of thiocarbonyl (C=S) groups is 1. The van der Waals surface area contributed by atoms with E-state index in [2.05, 4.69) is 0 Å². The first-order valence-corrected chi connectivity index (χ1v) is 7.33. The van der Waals surface area contributed by atoms with Crippen molar-refractivity contribution < 1.29 is 4.79 Å². The molecule has 2 heterocycles. The summed E-state index contributed by atoms with van der Waals surface area (Å²) < 4.78 is 2.54. The molecule has 3 rings (SSSR count). The highest BCUT2D eigenvalue weighted by molar-refractivity contribution is 8.27. The molecule has 5 heteroatoms. The van der Waals surface area contributed by atoms with E-state index >= 15 is 0 Å². The summed E-state index contributed by atoms with van der Waals surface area (Å²) in [6, 6.07) is 13.4. The van der Waals surface area contributed by atoms with E-state index in [1.807, 2.05) is 66.4 Å². The van der Waals surface area contributed by atoms with Crippen LogP contribution in [-0.2, 0) is 11.8 Å². The summed E-state index contributed by atoms with van der Waals surface area (Å²) in [5.41, 5.74) is 1.80. The van der Waals surface area contributed by atoms with Crippen LogP contribution in [0.4, 0.5) is 5.69 Å². The highest BCUT2D eigenvalue weighted by atomic mass is 32.2. The van der Waals surface area contributed by atoms with Crippen molar-refractivity contribution in [3.63, 3.8) is 0 Å². The maximum atomic E-state index is 12.5. The minimum Gasteiger partial charge on any atom is -0.351 e. The van der Waals surface area contributed by atoms with E-state index in [0.29, 0.717) is 9.23 Å². The van der Waals surface area contributed by atoms with Crippen molar-refractivity contribution in [2.24, 2.45) is 7.05 Å². The van der Waals surface area contributed by atoms with Crippen LogP contribution in [0.5, 0.6) is 0 Å². The first kappa shape index (κ1) is 13.1. The molecule has 0 bridgehead atoms. The molecule has 2 aromatic rings. The van der Waals surface area contributed by atoms with E-state index in [-0.39, 0.29) is 5.91 Å². The molecule has 0 spiro atoms. The molecule has 1 amide bonds. The fourth-order valence-electron chi connectivity index (χ4n) is 2.03. The summed E-state index contributed by atoms with van der Waals surface area (Å²) in [4.78, 5) is 14.7. The molecule has 1 fully saturated rings. The Bertz CT molecular complexity index is 704. The lowest BCUT2D eigenvalue weighted by Crippen LogP contribution is -2.27. The number of anilines is 1. The van der Waals surface area contributed by atoms with E-state index < -0.39 is 0 Å². The van der Waals surface area contributed by atoms with Crippen LogP contribution in [0, 0.1) is 0 Å². The molecule has 0 N–H and O–H groups in total. The van der Waals surface area contributed by atoms with Crippen molar-refractivity contribution >= 4 is 46.0 Å². The van der Waals surface area contributed by atoms with Crippen molar-refractivity contribution in [3.8, 4) is 0 Å². The van der Waals surface area contributed by atoms with Crippen molar-refractivity contribution in [1.82, 2.24) is 4.57 Å². The van der Waals surface area contributed by atoms with E-state index in [1.165, 1.54) is 11.8 Å². The van der Waals surface area contributed by atoms with E-state index in [4.69, 9.17) is 12.2 Å². The number of amides is 1. The van der Waals surface area contributed by atoms with Gasteiger partial charge in [-0.1, -0.05) is 42.2 Å². The fourth-order valence-corrected chi connectivity index (χ4v) is 3.31. The monoisotopic (exact) mass is 300 g/mol. The molecule has 0 atom stereocenters. The average Bonchev–Trinajstić information content (AvgIpc) is 2.96. The number of hydrogen-bond acceptors (Lipinski definition) is 3. The Labute approximate surface area is 126 Å². The highest BCUT2D eigenvalue weighted by Gasteiger charge is 2.33. The van der Waals surface area contributed by atoms with Gasteiger partial charge in [-0.2, -0.15) is 0 Å². The molecule has 100 valence electrons. The van der Waals surface area contributed by atoms with Gasteiger partial charge in [-0.15, -0.1) is 0 Å². The van der Waals surface area contributed by atoms with E-state index in [1.54, 1.807) is 4.90 Å². The summed E-state index contributed by atoms with van der Waals surface area (Å²) in [5, 5.41) is 0. The standard InChI is InChI=1S/C15H12N2OS2/c1-16-9-5-8-12(16)10-13-14(18)17(15(19)20-13)11-6-3-2-4-7-11/h2-10H,1H3/b13-10-. The third-order valence-corrected chi connectivity index (χ3v) is 4.37. The minimum atomic E-state index is -0.0626. The minimum absolute atomic E-state index is 0.0626. The molecule has 0 radical (unpaired) electrons. The van der Waals surface area contributed by atoms with Crippen LogP contribution in [0.15, 0.2) is 53.6 Å². The quantitative estimate of drug-likeness (QED) is 0.627. The SMILES string of the molecule is Cn1cccc1/C=C1\SC(=S)N(c2ccccc2)C1=O. The van der Waals surface area contributed by atoms with Crippen LogP contribution in [0.3, 0.4) is 0 Å². The third kappa shape index (κ3) is 2.30. The van der Waals surface area contributed by atoms with Gasteiger partial charge in [-0.3, -0.25) is 9.69 Å². The number of carbonyl (C=O) groups excluding carboxylic acids is 1. The zero-order valence-corrected chi connectivity index (χ0v) is 12.4. The summed E-state index contributed by atoms with van der Waals surface area (Å²) >= 11 is 6.66. The highest BCUT2D eigenvalue weighted by Crippen LogP contribution is 2.35. The second kappa shape index (κ2) is 5.26. The molecule has 1 aliphatic heterocycles. The summed E-state index contributed by atoms with van der Waals surface area (Å²) in [7, 11) is 1.95. The summed E-state index contributed by atoms with van der Waals surface area (Å²) in [6.45, 7) is 0. The summed E-state index contributed by atoms with van der Waals surface area (Å²) in [5.74, 6) is -0.0626. The van der Waals surface area contributed by atoms with Gasteiger partial charge in [0.05, 0.1) is 10.6 Å². The van der Waals surface area contributed by atoms with Crippen molar-refractivity contribution in [3.05, 3.63) is 59.3 Å². The maximum absolute atomic E-state index is 12.5. The molecule has 1 aliphatic rings. The van der Waals surface area contributed by atoms with Crippen molar-refractivity contribution in [1.29, 1.82) is 0 Å². The number of benzene rings is 1. The van der Waals surface area contributed by atoms with Gasteiger partial charge in [0.25, 0.3) is 5.91 Å². The number of rotatable bonds is 2. The maximum Gasteiger partial charge on any atom is 0.270 e. The number of nitrogens with zero attached hydrogens (tertiary/aromatic N) is 2. The van der Waals surface area contributed by atoms with Gasteiger partial charge in [-0.05, 0) is 30.3 Å². The molecule has 1 aromatic carbocycles. The lowest BCUT2D eigenvalue weighted by Gasteiger charge is -2.13. The molecule has 20 heavy (non-hydrogen) atoms. The number of hydrogen-bond donors (Lipinski definition) is 0. The van der Waals surface area contributed by atoms with Crippen LogP contribution >= 0.6 is 24.0 Å². The molecular weight excluding hydrogens is 288 g/mol. The van der Waals surface area contributed by atoms with Crippen LogP contribution in [0.1, 0.15) is 5.69 Å². The van der Waals surface area contributed by atoms with Crippen LogP contribution in [0.25, 0.3) is 6.08 Å². The Kier molecular flexibility index (Phi) is 3.46. The van der Waals surface area contributed by atoms with Crippen LogP contribution < -0.4 is 4.90 Å². The van der Waals surface area contributed by atoms with Crippen LogP contribution in [0.2, 0.25) is 0 Å². The smallest absolute Gasteiger partial charge is 0.270 e. The lowest BCUT2D eigenvalue weighted by molar-refractivity contribution is -0.113. The summed E-state index contributed by atoms with van der Waals surface area (Å²) in [6.07, 6.45) is 3.83. The average molecular weight is 300 g/mol. The van der Waals surface area contributed by atoms with Gasteiger partial charge in [0, 0.05) is 18.9 Å². The Hall–Kier alpha value is -1.85. The van der Waals surface area contributed by atoms with Gasteiger partial charge in [0.15, 0.2) is 4.32 Å². The van der Waals surface area contributed by atoms with Crippen molar-refractivity contribution in [2.45, 2.75) is 0 Å². The Morgan fingerprint density at radius 1 is 1.15 bits per heavy atom. The largest absolute Gasteiger partial charge is 0.351 e. The number of thioether (sulfide) groups is 1. The number of carbonyl (C=O) groups is 1. The third-order valence-electron chi connectivity index (χ3n) is 3.07. The Morgan fingerprint density at radius 2 is 1.90 bits per heavy atom. The van der Waals surface area contributed by atoms with E-state index in [0.717, 1.165) is 11.4 Å². The first-order valence-electron chi connectivity index (χ1n) is 6.11. The predicted octanol–water partition coefficient (Wildman–Crippen LogP) is 3.43. The van der Waals surface area contributed by atoms with Gasteiger partial charge in [0.2, 0.25) is 0 Å². The molecule has 1 saturated heterocycles.